The molecule has 236 valence electrons. The Hall–Kier alpha value is -1.72. The Kier molecular flexibility index (Phi) is 7.53. The molecule has 0 aromatic rings. The third-order valence-electron chi connectivity index (χ3n) is 7.64. The molecule has 0 saturated carbocycles. The molecule has 0 radical (unpaired) electrons. The fourth-order valence-corrected chi connectivity index (χ4v) is 6.22. The van der Waals surface area contributed by atoms with Crippen LogP contribution in [0.25, 0.3) is 0 Å². The number of carbonyl (C=O) groups is 2. The van der Waals surface area contributed by atoms with Gasteiger partial charge in [0.1, 0.15) is 62.0 Å². The van der Waals surface area contributed by atoms with Crippen molar-refractivity contribution >= 4 is 11.9 Å². The van der Waals surface area contributed by atoms with E-state index in [1.165, 1.54) is 0 Å². The zero-order valence-corrected chi connectivity index (χ0v) is 25.1. The Labute approximate surface area is 244 Å². The van der Waals surface area contributed by atoms with Crippen LogP contribution in [0.4, 0.5) is 0 Å². The van der Waals surface area contributed by atoms with E-state index in [0.717, 1.165) is 12.2 Å². The third-order valence-corrected chi connectivity index (χ3v) is 7.64. The lowest BCUT2D eigenvalue weighted by molar-refractivity contribution is -0.242. The van der Waals surface area contributed by atoms with Gasteiger partial charge in [0.05, 0.1) is 0 Å². The summed E-state index contributed by atoms with van der Waals surface area (Å²) >= 11 is 0. The minimum atomic E-state index is -0.878. The molecule has 10 atom stereocenters. The highest BCUT2D eigenvalue weighted by Crippen LogP contribution is 2.45. The molecule has 6 saturated heterocycles. The zero-order valence-electron chi connectivity index (χ0n) is 25.1. The molecule has 6 heterocycles. The second-order valence-electron chi connectivity index (χ2n) is 13.0. The van der Waals surface area contributed by atoms with Gasteiger partial charge in [-0.2, -0.15) is 0 Å². The van der Waals surface area contributed by atoms with Crippen LogP contribution in [0.3, 0.4) is 0 Å². The van der Waals surface area contributed by atoms with Crippen molar-refractivity contribution in [1.82, 2.24) is 0 Å². The SMILES string of the molecule is CC1(C)O[C@H]2[C@@H](O1)[C@@H](COC(=O)/C=C/C(=O)OC[C@H]1O[C@@H]3OC(C)(C)O[C@@H]3[C@H]3OC(C)(C)O[C@H]31)O[C@@H]1OC(C)(C)O[C@@H]12. The minimum absolute atomic E-state index is 0.154. The molecule has 6 fully saturated rings. The van der Waals surface area contributed by atoms with Crippen molar-refractivity contribution in [3.05, 3.63) is 12.2 Å². The smallest absolute Gasteiger partial charge is 0.331 e. The van der Waals surface area contributed by atoms with Gasteiger partial charge in [0.2, 0.25) is 0 Å². The van der Waals surface area contributed by atoms with E-state index in [-0.39, 0.29) is 13.2 Å². The van der Waals surface area contributed by atoms with Crippen LogP contribution in [0.2, 0.25) is 0 Å². The quantitative estimate of drug-likeness (QED) is 0.320. The first-order chi connectivity index (χ1) is 19.5. The first kappa shape index (κ1) is 30.3. The van der Waals surface area contributed by atoms with Crippen molar-refractivity contribution < 1.29 is 66.4 Å². The van der Waals surface area contributed by atoms with E-state index in [2.05, 4.69) is 0 Å². The van der Waals surface area contributed by atoms with Crippen LogP contribution in [0.15, 0.2) is 12.2 Å². The second kappa shape index (κ2) is 10.4. The molecule has 0 bridgehead atoms. The predicted octanol–water partition coefficient (Wildman–Crippen LogP) is 1.42. The molecule has 0 aromatic heterocycles. The fraction of sp³-hybridized carbons (Fsp3) is 0.857. The summed E-state index contributed by atoms with van der Waals surface area (Å²) in [5.74, 6) is -5.01. The summed E-state index contributed by atoms with van der Waals surface area (Å²) in [6, 6.07) is 0. The Morgan fingerprint density at radius 3 is 1.19 bits per heavy atom. The van der Waals surface area contributed by atoms with E-state index in [1.54, 1.807) is 55.4 Å². The molecular formula is C28H40O14. The van der Waals surface area contributed by atoms with Gasteiger partial charge in [-0.1, -0.05) is 0 Å². The van der Waals surface area contributed by atoms with E-state index in [0.29, 0.717) is 0 Å². The van der Waals surface area contributed by atoms with Crippen molar-refractivity contribution in [1.29, 1.82) is 0 Å². The number of fused-ring (bicyclic) bond motifs is 6. The molecule has 0 aromatic carbocycles. The first-order valence-corrected chi connectivity index (χ1v) is 14.2. The number of hydrogen-bond acceptors (Lipinski definition) is 14. The largest absolute Gasteiger partial charge is 0.460 e. The lowest BCUT2D eigenvalue weighted by Gasteiger charge is -2.36. The minimum Gasteiger partial charge on any atom is -0.460 e. The molecule has 0 aliphatic carbocycles. The average molecular weight is 601 g/mol. The highest BCUT2D eigenvalue weighted by Gasteiger charge is 2.62. The fourth-order valence-electron chi connectivity index (χ4n) is 6.22. The highest BCUT2D eigenvalue weighted by molar-refractivity contribution is 5.91. The molecule has 0 amide bonds. The maximum Gasteiger partial charge on any atom is 0.331 e. The zero-order chi connectivity index (χ0) is 30.2. The summed E-state index contributed by atoms with van der Waals surface area (Å²) < 4.78 is 70.6. The Balaban J connectivity index is 1.01. The molecule has 14 nitrogen and oxygen atoms in total. The van der Waals surface area contributed by atoms with Gasteiger partial charge in [-0.3, -0.25) is 0 Å². The van der Waals surface area contributed by atoms with Crippen molar-refractivity contribution in [2.75, 3.05) is 13.2 Å². The normalized spacial score (nSPS) is 43.8. The van der Waals surface area contributed by atoms with E-state index in [1.807, 2.05) is 0 Å². The van der Waals surface area contributed by atoms with Crippen LogP contribution in [-0.2, 0) is 66.4 Å². The summed E-state index contributed by atoms with van der Waals surface area (Å²) in [6.45, 7) is 14.0. The lowest BCUT2D eigenvalue weighted by atomic mass is 9.99. The number of rotatable bonds is 6. The molecule has 6 rings (SSSR count). The lowest BCUT2D eigenvalue weighted by Crippen LogP contribution is -2.56. The van der Waals surface area contributed by atoms with Crippen molar-refractivity contribution in [3.8, 4) is 0 Å². The van der Waals surface area contributed by atoms with Gasteiger partial charge < -0.3 is 56.8 Å². The summed E-state index contributed by atoms with van der Waals surface area (Å²) in [5, 5.41) is 0. The molecule has 0 unspecified atom stereocenters. The second-order valence-corrected chi connectivity index (χ2v) is 13.0. The van der Waals surface area contributed by atoms with Gasteiger partial charge in [0.25, 0.3) is 0 Å². The van der Waals surface area contributed by atoms with Crippen LogP contribution in [0.5, 0.6) is 0 Å². The summed E-state index contributed by atoms with van der Waals surface area (Å²) in [6.07, 6.45) is -3.84. The molecule has 6 aliphatic heterocycles. The van der Waals surface area contributed by atoms with Crippen molar-refractivity contribution in [2.24, 2.45) is 0 Å². The molecule has 0 N–H and O–H groups in total. The van der Waals surface area contributed by atoms with E-state index < -0.39 is 96.5 Å². The van der Waals surface area contributed by atoms with Gasteiger partial charge >= 0.3 is 11.9 Å². The summed E-state index contributed by atoms with van der Waals surface area (Å²) in [4.78, 5) is 24.9. The van der Waals surface area contributed by atoms with E-state index in [4.69, 9.17) is 56.8 Å². The number of carbonyl (C=O) groups excluding carboxylic acids is 2. The molecule has 42 heavy (non-hydrogen) atoms. The monoisotopic (exact) mass is 600 g/mol. The van der Waals surface area contributed by atoms with Crippen LogP contribution in [-0.4, -0.2) is 110 Å². The van der Waals surface area contributed by atoms with Gasteiger partial charge in [-0.15, -0.1) is 0 Å². The highest BCUT2D eigenvalue weighted by atomic mass is 16.9. The molecule has 6 aliphatic rings. The maximum atomic E-state index is 12.5. The van der Waals surface area contributed by atoms with Crippen LogP contribution in [0.1, 0.15) is 55.4 Å². The van der Waals surface area contributed by atoms with Crippen LogP contribution >= 0.6 is 0 Å². The standard InChI is InChI=1S/C28H40O14/c1-25(2)35-17-13(33-23-21(19(17)37-25)39-27(5,6)41-23)11-31-15(29)9-10-16(30)32-12-14-18-20(38-26(3,4)36-18)22-24(34-14)42-28(7,8)40-22/h9-10,13-14,17-24H,11-12H2,1-8H3/b10-9+/t13-,14-,17+,18+,19+,20+,21-,22-,23-,24-/m1/s1. The summed E-state index contributed by atoms with van der Waals surface area (Å²) in [5.41, 5.74) is 0. The number of ether oxygens (including phenoxy) is 12. The van der Waals surface area contributed by atoms with Crippen molar-refractivity contribution in [3.63, 3.8) is 0 Å². The molecular weight excluding hydrogens is 560 g/mol. The Morgan fingerprint density at radius 2 is 0.810 bits per heavy atom. The Morgan fingerprint density at radius 1 is 0.500 bits per heavy atom. The molecule has 0 spiro atoms. The van der Waals surface area contributed by atoms with E-state index in [9.17, 15) is 9.59 Å². The van der Waals surface area contributed by atoms with E-state index >= 15 is 0 Å². The number of esters is 2. The summed E-state index contributed by atoms with van der Waals surface area (Å²) in [7, 11) is 0. The topological polar surface area (TPSA) is 145 Å². The Bertz CT molecular complexity index is 1020. The average Bonchev–Trinajstić information content (AvgIpc) is 3.56. The molecule has 14 heteroatoms. The van der Waals surface area contributed by atoms with Gasteiger partial charge in [0, 0.05) is 12.2 Å². The van der Waals surface area contributed by atoms with Crippen molar-refractivity contribution in [2.45, 2.75) is 140 Å². The number of hydrogen-bond donors (Lipinski definition) is 0. The first-order valence-electron chi connectivity index (χ1n) is 14.2. The predicted molar refractivity (Wildman–Crippen MR) is 136 cm³/mol. The van der Waals surface area contributed by atoms with Gasteiger partial charge in [-0.05, 0) is 55.4 Å². The van der Waals surface area contributed by atoms with Crippen LogP contribution < -0.4 is 0 Å². The maximum absolute atomic E-state index is 12.5. The van der Waals surface area contributed by atoms with Crippen LogP contribution in [0, 0.1) is 0 Å². The third kappa shape index (κ3) is 6.11. The van der Waals surface area contributed by atoms with Gasteiger partial charge in [-0.25, -0.2) is 9.59 Å². The van der Waals surface area contributed by atoms with Gasteiger partial charge in [0.15, 0.2) is 35.7 Å².